The molecule has 3 aromatic carbocycles. The highest BCUT2D eigenvalue weighted by Gasteiger charge is 2.41. The number of hydrogen-bond donors (Lipinski definition) is 3. The van der Waals surface area contributed by atoms with Gasteiger partial charge < -0.3 is 21.9 Å². The summed E-state index contributed by atoms with van der Waals surface area (Å²) in [6.45, 7) is -0.0331. The predicted octanol–water partition coefficient (Wildman–Crippen LogP) is 1.95. The summed E-state index contributed by atoms with van der Waals surface area (Å²) in [5.41, 5.74) is 21.0. The van der Waals surface area contributed by atoms with Crippen molar-refractivity contribution in [3.8, 4) is 0 Å². The Morgan fingerprint density at radius 3 is 1.37 bits per heavy atom. The summed E-state index contributed by atoms with van der Waals surface area (Å²) in [7, 11) is 0. The standard InChI is InChI=1S/C28H31N3O4/c29-22(16-19-10-4-1-5-11-19)26(32)24(27(33)23(30)17-20-12-6-2-7-13-20)25(31)28(34)35-18-21-14-8-3-9-15-21/h1-15,22-25H,16-18,29-31H2/t22-,23+,24?,25-/m0/s1. The number of esters is 1. The van der Waals surface area contributed by atoms with Gasteiger partial charge in [0.05, 0.1) is 12.1 Å². The number of ether oxygens (including phenoxy) is 1. The lowest BCUT2D eigenvalue weighted by Gasteiger charge is -2.26. The van der Waals surface area contributed by atoms with Crippen molar-refractivity contribution in [2.75, 3.05) is 0 Å². The second kappa shape index (κ2) is 12.7. The van der Waals surface area contributed by atoms with Crippen LogP contribution in [-0.4, -0.2) is 35.7 Å². The normalized spacial score (nSPS) is 14.4. The van der Waals surface area contributed by atoms with Crippen molar-refractivity contribution in [1.29, 1.82) is 0 Å². The first-order valence-corrected chi connectivity index (χ1v) is 11.5. The fraction of sp³-hybridized carbons (Fsp3) is 0.250. The number of hydrogen-bond acceptors (Lipinski definition) is 7. The van der Waals surface area contributed by atoms with E-state index in [1.54, 1.807) is 12.1 Å². The van der Waals surface area contributed by atoms with Crippen molar-refractivity contribution in [2.24, 2.45) is 23.1 Å². The van der Waals surface area contributed by atoms with Crippen LogP contribution in [0.2, 0.25) is 0 Å². The number of benzene rings is 3. The molecule has 0 aromatic heterocycles. The summed E-state index contributed by atoms with van der Waals surface area (Å²) in [6, 6.07) is 23.8. The topological polar surface area (TPSA) is 138 Å². The zero-order chi connectivity index (χ0) is 25.2. The van der Waals surface area contributed by atoms with Crippen molar-refractivity contribution in [3.63, 3.8) is 0 Å². The molecule has 0 fully saturated rings. The largest absolute Gasteiger partial charge is 0.460 e. The molecule has 0 aliphatic heterocycles. The highest BCUT2D eigenvalue weighted by Crippen LogP contribution is 2.16. The monoisotopic (exact) mass is 473 g/mol. The minimum Gasteiger partial charge on any atom is -0.460 e. The SMILES string of the molecule is N[C@H](Cc1ccccc1)C(=O)C(C(=O)[C@@H](N)Cc1ccccc1)[C@H](N)C(=O)OCc1ccccc1. The maximum atomic E-state index is 13.4. The first-order valence-electron chi connectivity index (χ1n) is 11.5. The Balaban J connectivity index is 1.78. The molecule has 7 nitrogen and oxygen atoms in total. The third-order valence-electron chi connectivity index (χ3n) is 5.80. The van der Waals surface area contributed by atoms with Crippen molar-refractivity contribution < 1.29 is 19.1 Å². The molecule has 3 rings (SSSR count). The molecular formula is C28H31N3O4. The Morgan fingerprint density at radius 2 is 0.971 bits per heavy atom. The summed E-state index contributed by atoms with van der Waals surface area (Å²) in [5, 5.41) is 0. The van der Waals surface area contributed by atoms with Gasteiger partial charge in [-0.25, -0.2) is 0 Å². The van der Waals surface area contributed by atoms with Gasteiger partial charge in [0.15, 0.2) is 11.6 Å². The van der Waals surface area contributed by atoms with Gasteiger partial charge in [-0.15, -0.1) is 0 Å². The van der Waals surface area contributed by atoms with E-state index >= 15 is 0 Å². The molecule has 6 N–H and O–H groups in total. The molecule has 0 bridgehead atoms. The van der Waals surface area contributed by atoms with Crippen LogP contribution in [0.25, 0.3) is 0 Å². The average molecular weight is 474 g/mol. The van der Waals surface area contributed by atoms with Gasteiger partial charge in [0.25, 0.3) is 0 Å². The van der Waals surface area contributed by atoms with Gasteiger partial charge >= 0.3 is 5.97 Å². The summed E-state index contributed by atoms with van der Waals surface area (Å²) in [5.74, 6) is -3.65. The molecule has 0 saturated heterocycles. The van der Waals surface area contributed by atoms with Crippen LogP contribution in [0.3, 0.4) is 0 Å². The number of ketones is 2. The Kier molecular flexibility index (Phi) is 9.43. The molecule has 0 radical (unpaired) electrons. The molecule has 0 aliphatic rings. The van der Waals surface area contributed by atoms with Crippen LogP contribution in [0.15, 0.2) is 91.0 Å². The number of carbonyl (C=O) groups is 3. The maximum absolute atomic E-state index is 13.4. The molecule has 7 heteroatoms. The van der Waals surface area contributed by atoms with Crippen molar-refractivity contribution in [2.45, 2.75) is 37.6 Å². The molecule has 0 saturated carbocycles. The van der Waals surface area contributed by atoms with Gasteiger partial charge in [0.1, 0.15) is 18.6 Å². The predicted molar refractivity (Wildman–Crippen MR) is 134 cm³/mol. The average Bonchev–Trinajstić information content (AvgIpc) is 2.88. The van der Waals surface area contributed by atoms with Gasteiger partial charge in [0, 0.05) is 0 Å². The molecule has 0 amide bonds. The first kappa shape index (κ1) is 26.0. The Hall–Kier alpha value is -3.65. The van der Waals surface area contributed by atoms with E-state index in [9.17, 15) is 14.4 Å². The Bertz CT molecular complexity index is 1050. The molecule has 182 valence electrons. The third kappa shape index (κ3) is 7.42. The lowest BCUT2D eigenvalue weighted by molar-refractivity contribution is -0.152. The van der Waals surface area contributed by atoms with Gasteiger partial charge in [-0.1, -0.05) is 91.0 Å². The summed E-state index contributed by atoms with van der Waals surface area (Å²) >= 11 is 0. The smallest absolute Gasteiger partial charge is 0.324 e. The van der Waals surface area contributed by atoms with Crippen molar-refractivity contribution >= 4 is 17.5 Å². The lowest BCUT2D eigenvalue weighted by atomic mass is 9.82. The Labute approximate surface area is 205 Å². The van der Waals surface area contributed by atoms with E-state index in [-0.39, 0.29) is 19.4 Å². The first-order chi connectivity index (χ1) is 16.9. The van der Waals surface area contributed by atoms with Crippen LogP contribution in [0.1, 0.15) is 16.7 Å². The fourth-order valence-corrected chi connectivity index (χ4v) is 3.85. The number of Topliss-reactive ketones (excluding diaryl/α,β-unsaturated/α-hetero) is 2. The molecule has 4 atom stereocenters. The van der Waals surface area contributed by atoms with Crippen LogP contribution in [-0.2, 0) is 38.6 Å². The number of carbonyl (C=O) groups excluding carboxylic acids is 3. The van der Waals surface area contributed by atoms with E-state index in [0.717, 1.165) is 16.7 Å². The summed E-state index contributed by atoms with van der Waals surface area (Å²) < 4.78 is 5.32. The zero-order valence-electron chi connectivity index (χ0n) is 19.5. The number of nitrogens with two attached hydrogens (primary N) is 3. The summed E-state index contributed by atoms with van der Waals surface area (Å²) in [6.07, 6.45) is 0.395. The van der Waals surface area contributed by atoms with Crippen LogP contribution < -0.4 is 17.2 Å². The van der Waals surface area contributed by atoms with Crippen LogP contribution in [0.4, 0.5) is 0 Å². The zero-order valence-corrected chi connectivity index (χ0v) is 19.5. The summed E-state index contributed by atoms with van der Waals surface area (Å²) in [4.78, 5) is 39.5. The second-order valence-corrected chi connectivity index (χ2v) is 8.49. The maximum Gasteiger partial charge on any atom is 0.324 e. The quantitative estimate of drug-likeness (QED) is 0.270. The van der Waals surface area contributed by atoms with Crippen molar-refractivity contribution in [3.05, 3.63) is 108 Å². The molecule has 0 aliphatic carbocycles. The van der Waals surface area contributed by atoms with Gasteiger partial charge in [-0.05, 0) is 29.5 Å². The molecule has 0 spiro atoms. The van der Waals surface area contributed by atoms with E-state index in [4.69, 9.17) is 21.9 Å². The third-order valence-corrected chi connectivity index (χ3v) is 5.80. The van der Waals surface area contributed by atoms with Gasteiger partial charge in [-0.2, -0.15) is 0 Å². The van der Waals surface area contributed by atoms with E-state index in [1.807, 2.05) is 78.9 Å². The van der Waals surface area contributed by atoms with Crippen LogP contribution in [0.5, 0.6) is 0 Å². The minimum absolute atomic E-state index is 0.0331. The minimum atomic E-state index is -1.53. The molecule has 0 heterocycles. The molecule has 1 unspecified atom stereocenters. The highest BCUT2D eigenvalue weighted by molar-refractivity contribution is 6.10. The van der Waals surface area contributed by atoms with E-state index in [1.165, 1.54) is 0 Å². The van der Waals surface area contributed by atoms with E-state index in [2.05, 4.69) is 0 Å². The molecule has 35 heavy (non-hydrogen) atoms. The number of rotatable bonds is 12. The highest BCUT2D eigenvalue weighted by atomic mass is 16.5. The van der Waals surface area contributed by atoms with E-state index in [0.29, 0.717) is 0 Å². The van der Waals surface area contributed by atoms with Crippen LogP contribution >= 0.6 is 0 Å². The van der Waals surface area contributed by atoms with Crippen LogP contribution in [0, 0.1) is 5.92 Å². The Morgan fingerprint density at radius 1 is 0.600 bits per heavy atom. The second-order valence-electron chi connectivity index (χ2n) is 8.49. The lowest BCUT2D eigenvalue weighted by Crippen LogP contribution is -2.55. The fourth-order valence-electron chi connectivity index (χ4n) is 3.85. The van der Waals surface area contributed by atoms with E-state index < -0.39 is 41.6 Å². The van der Waals surface area contributed by atoms with Gasteiger partial charge in [-0.3, -0.25) is 14.4 Å². The molecular weight excluding hydrogens is 442 g/mol. The molecule has 3 aromatic rings. The van der Waals surface area contributed by atoms with Crippen molar-refractivity contribution in [1.82, 2.24) is 0 Å². The van der Waals surface area contributed by atoms with Gasteiger partial charge in [0.2, 0.25) is 0 Å².